The van der Waals surface area contributed by atoms with Crippen molar-refractivity contribution in [3.05, 3.63) is 70.3 Å². The van der Waals surface area contributed by atoms with Crippen LogP contribution in [-0.4, -0.2) is 50.5 Å². The lowest BCUT2D eigenvalue weighted by Gasteiger charge is -2.45. The number of fused-ring (bicyclic) bond motifs is 4. The lowest BCUT2D eigenvalue weighted by Crippen LogP contribution is -2.49. The van der Waals surface area contributed by atoms with E-state index in [1.165, 1.54) is 11.1 Å². The number of nitrogens with zero attached hydrogens (tertiary/aromatic N) is 1. The number of ether oxygens (including phenoxy) is 1. The minimum atomic E-state index is -3.88. The van der Waals surface area contributed by atoms with Crippen molar-refractivity contribution in [1.82, 2.24) is 4.72 Å². The first-order valence-electron chi connectivity index (χ1n) is 14.3. The number of aliphatic hydroxyl groups is 1. The van der Waals surface area contributed by atoms with E-state index in [4.69, 9.17) is 16.3 Å². The number of sulfonamides is 1. The van der Waals surface area contributed by atoms with Gasteiger partial charge in [-0.1, -0.05) is 29.8 Å². The highest BCUT2D eigenvalue weighted by Gasteiger charge is 2.44. The highest BCUT2D eigenvalue weighted by atomic mass is 35.5. The third-order valence-electron chi connectivity index (χ3n) is 9.50. The number of aryl methyl sites for hydroxylation is 1. The summed E-state index contributed by atoms with van der Waals surface area (Å²) >= 11 is 6.37. The van der Waals surface area contributed by atoms with Crippen LogP contribution in [0.25, 0.3) is 0 Å². The molecule has 2 bridgehead atoms. The average Bonchev–Trinajstić information content (AvgIpc) is 3.05. The van der Waals surface area contributed by atoms with Gasteiger partial charge in [0.25, 0.3) is 5.91 Å². The number of amides is 1. The van der Waals surface area contributed by atoms with E-state index in [0.29, 0.717) is 31.2 Å². The lowest BCUT2D eigenvalue weighted by molar-refractivity contribution is 0.0177. The molecule has 214 valence electrons. The Morgan fingerprint density at radius 2 is 1.95 bits per heavy atom. The summed E-state index contributed by atoms with van der Waals surface area (Å²) < 4.78 is 34.6. The van der Waals surface area contributed by atoms with Gasteiger partial charge in [0.05, 0.1) is 23.6 Å². The SMILES string of the molecule is C[C@H]1C/C=C/C[C@H](O)[C@@H]2CC[C@H]2CN2C[C@@]3(CCCc4cc(Cl)ccc43)COc3ccc(cc32)C(=O)NS1(=O)=O. The third kappa shape index (κ3) is 5.14. The van der Waals surface area contributed by atoms with E-state index < -0.39 is 27.3 Å². The number of allylic oxidation sites excluding steroid dienone is 1. The van der Waals surface area contributed by atoms with Crippen LogP contribution in [0.5, 0.6) is 5.75 Å². The van der Waals surface area contributed by atoms with Crippen molar-refractivity contribution in [3.8, 4) is 5.75 Å². The van der Waals surface area contributed by atoms with Gasteiger partial charge in [-0.25, -0.2) is 13.1 Å². The van der Waals surface area contributed by atoms with Crippen LogP contribution < -0.4 is 14.4 Å². The molecule has 2 aliphatic heterocycles. The zero-order valence-corrected chi connectivity index (χ0v) is 24.4. The molecular weight excluding hydrogens is 548 g/mol. The molecule has 2 N–H and O–H groups in total. The quantitative estimate of drug-likeness (QED) is 0.423. The summed E-state index contributed by atoms with van der Waals surface area (Å²) in [7, 11) is -3.88. The number of nitrogens with one attached hydrogen (secondary N) is 1. The van der Waals surface area contributed by atoms with Crippen LogP contribution in [-0.2, 0) is 21.9 Å². The molecule has 2 aromatic carbocycles. The second kappa shape index (κ2) is 10.7. The van der Waals surface area contributed by atoms with E-state index in [9.17, 15) is 18.3 Å². The standard InChI is InChI=1S/C31H37ClN2O5S/c1-20-5-2-3-7-28(35)25-11-8-23(25)17-34-18-31(14-4-6-21-15-24(32)10-12-26(21)31)19-39-29-13-9-22(16-27(29)34)30(36)33-40(20,37)38/h2-3,9-10,12-13,15-16,20,23,25,28,35H,4-8,11,14,17-19H2,1H3,(H,33,36)/b3-2+/t20-,23-,25+,28-,31-/m0/s1. The minimum absolute atomic E-state index is 0.172. The number of carbonyl (C=O) groups excluding carboxylic acids is 1. The van der Waals surface area contributed by atoms with Gasteiger partial charge in [0.1, 0.15) is 5.75 Å². The zero-order chi connectivity index (χ0) is 28.1. The molecule has 1 fully saturated rings. The predicted octanol–water partition coefficient (Wildman–Crippen LogP) is 5.00. The molecule has 0 aromatic heterocycles. The Balaban J connectivity index is 1.42. The minimum Gasteiger partial charge on any atom is -0.490 e. The van der Waals surface area contributed by atoms with Gasteiger partial charge in [-0.3, -0.25) is 4.79 Å². The molecule has 40 heavy (non-hydrogen) atoms. The molecule has 1 spiro atoms. The number of hydrogen-bond acceptors (Lipinski definition) is 6. The first-order chi connectivity index (χ1) is 19.1. The number of halogens is 1. The highest BCUT2D eigenvalue weighted by molar-refractivity contribution is 7.90. The number of benzene rings is 2. The van der Waals surface area contributed by atoms with E-state index in [1.807, 2.05) is 12.1 Å². The summed E-state index contributed by atoms with van der Waals surface area (Å²) in [5, 5.41) is 11.0. The van der Waals surface area contributed by atoms with Crippen molar-refractivity contribution in [2.24, 2.45) is 11.8 Å². The molecular formula is C31H37ClN2O5S. The second-order valence-electron chi connectivity index (χ2n) is 12.1. The molecule has 9 heteroatoms. The summed E-state index contributed by atoms with van der Waals surface area (Å²) in [6.45, 7) is 3.52. The molecule has 6 rings (SSSR count). The summed E-state index contributed by atoms with van der Waals surface area (Å²) in [6.07, 6.45) is 8.93. The van der Waals surface area contributed by atoms with Crippen LogP contribution in [0.3, 0.4) is 0 Å². The van der Waals surface area contributed by atoms with Gasteiger partial charge in [0.15, 0.2) is 0 Å². The maximum atomic E-state index is 13.2. The Kier molecular flexibility index (Phi) is 7.38. The van der Waals surface area contributed by atoms with Crippen molar-refractivity contribution in [2.45, 2.75) is 68.6 Å². The van der Waals surface area contributed by atoms with Crippen molar-refractivity contribution in [3.63, 3.8) is 0 Å². The molecule has 4 aliphatic rings. The number of anilines is 1. The van der Waals surface area contributed by atoms with Crippen molar-refractivity contribution >= 4 is 33.2 Å². The Morgan fingerprint density at radius 3 is 2.75 bits per heavy atom. The van der Waals surface area contributed by atoms with Crippen LogP contribution in [0.4, 0.5) is 5.69 Å². The predicted molar refractivity (Wildman–Crippen MR) is 157 cm³/mol. The molecule has 2 heterocycles. The molecule has 7 nitrogen and oxygen atoms in total. The Morgan fingerprint density at radius 1 is 1.12 bits per heavy atom. The van der Waals surface area contributed by atoms with Crippen LogP contribution >= 0.6 is 11.6 Å². The number of aliphatic hydroxyl groups excluding tert-OH is 1. The fraction of sp³-hybridized carbons (Fsp3) is 0.516. The number of rotatable bonds is 0. The monoisotopic (exact) mass is 584 g/mol. The van der Waals surface area contributed by atoms with Gasteiger partial charge < -0.3 is 14.7 Å². The maximum Gasteiger partial charge on any atom is 0.264 e. The van der Waals surface area contributed by atoms with Gasteiger partial charge in [0, 0.05) is 29.1 Å². The molecule has 2 aliphatic carbocycles. The molecule has 0 radical (unpaired) electrons. The van der Waals surface area contributed by atoms with Crippen LogP contribution in [0.2, 0.25) is 5.02 Å². The van der Waals surface area contributed by atoms with Crippen molar-refractivity contribution < 1.29 is 23.1 Å². The normalized spacial score (nSPS) is 32.5. The summed E-state index contributed by atoms with van der Waals surface area (Å²) in [5.74, 6) is 0.529. The fourth-order valence-electron chi connectivity index (χ4n) is 6.98. The molecule has 0 unspecified atom stereocenters. The van der Waals surface area contributed by atoms with E-state index >= 15 is 0 Å². The molecule has 0 saturated heterocycles. The van der Waals surface area contributed by atoms with Gasteiger partial charge >= 0.3 is 0 Å². The number of carbonyl (C=O) groups is 1. The largest absolute Gasteiger partial charge is 0.490 e. The Hall–Kier alpha value is -2.55. The van der Waals surface area contributed by atoms with Crippen molar-refractivity contribution in [2.75, 3.05) is 24.6 Å². The lowest BCUT2D eigenvalue weighted by atomic mass is 9.68. The van der Waals surface area contributed by atoms with Crippen LogP contribution in [0.15, 0.2) is 48.6 Å². The maximum absolute atomic E-state index is 13.2. The van der Waals surface area contributed by atoms with Crippen LogP contribution in [0.1, 0.15) is 66.9 Å². The van der Waals surface area contributed by atoms with E-state index in [0.717, 1.165) is 49.4 Å². The average molecular weight is 585 g/mol. The fourth-order valence-corrected chi connectivity index (χ4v) is 8.12. The van der Waals surface area contributed by atoms with Gasteiger partial charge in [0.2, 0.25) is 10.0 Å². The van der Waals surface area contributed by atoms with Crippen molar-refractivity contribution in [1.29, 1.82) is 0 Å². The molecule has 5 atom stereocenters. The van der Waals surface area contributed by atoms with E-state index in [1.54, 1.807) is 31.2 Å². The zero-order valence-electron chi connectivity index (χ0n) is 22.8. The number of hydrogen-bond donors (Lipinski definition) is 2. The highest BCUT2D eigenvalue weighted by Crippen LogP contribution is 2.46. The molecule has 1 amide bonds. The summed E-state index contributed by atoms with van der Waals surface area (Å²) in [6, 6.07) is 11.4. The topological polar surface area (TPSA) is 95.9 Å². The Bertz CT molecular complexity index is 1440. The Labute approximate surface area is 241 Å². The molecule has 1 saturated carbocycles. The first-order valence-corrected chi connectivity index (χ1v) is 16.3. The van der Waals surface area contributed by atoms with E-state index in [2.05, 4.69) is 21.8 Å². The van der Waals surface area contributed by atoms with Gasteiger partial charge in [-0.2, -0.15) is 0 Å². The smallest absolute Gasteiger partial charge is 0.264 e. The second-order valence-corrected chi connectivity index (χ2v) is 14.6. The summed E-state index contributed by atoms with van der Waals surface area (Å²) in [4.78, 5) is 15.5. The third-order valence-corrected chi connectivity index (χ3v) is 11.5. The first kappa shape index (κ1) is 27.6. The van der Waals surface area contributed by atoms with Crippen LogP contribution in [0, 0.1) is 11.8 Å². The molecule has 2 aromatic rings. The van der Waals surface area contributed by atoms with E-state index in [-0.39, 0.29) is 23.3 Å². The van der Waals surface area contributed by atoms with Gasteiger partial charge in [-0.05, 0) is 105 Å². The summed E-state index contributed by atoms with van der Waals surface area (Å²) in [5.41, 5.74) is 3.34. The van der Waals surface area contributed by atoms with Gasteiger partial charge in [-0.15, -0.1) is 0 Å².